The van der Waals surface area contributed by atoms with Crippen molar-refractivity contribution in [1.29, 1.82) is 0 Å². The molecule has 0 saturated heterocycles. The molecule has 232 valence electrons. The normalized spacial score (nSPS) is 12.7. The predicted octanol–water partition coefficient (Wildman–Crippen LogP) is 14.7. The van der Waals surface area contributed by atoms with Gasteiger partial charge >= 0.3 is 0 Å². The van der Waals surface area contributed by atoms with Crippen molar-refractivity contribution in [2.24, 2.45) is 0 Å². The summed E-state index contributed by atoms with van der Waals surface area (Å²) in [5.41, 5.74) is 6.09. The molecule has 0 aliphatic rings. The summed E-state index contributed by atoms with van der Waals surface area (Å²) in [6, 6.07) is 48.0. The molecule has 2 nitrogen and oxygen atoms in total. The minimum Gasteiger partial charge on any atom is -0.455 e. The van der Waals surface area contributed by atoms with Gasteiger partial charge in [0.2, 0.25) is 0 Å². The Labute approximate surface area is 292 Å². The van der Waals surface area contributed by atoms with Crippen LogP contribution in [0.2, 0.25) is 0 Å². The van der Waals surface area contributed by atoms with E-state index in [-0.39, 0.29) is 0 Å². The Hall–Kier alpha value is -5.94. The molecule has 12 rings (SSSR count). The number of fused-ring (bicyclic) bond motifs is 18. The number of para-hydroxylation sites is 2. The zero-order valence-corrected chi connectivity index (χ0v) is 28.1. The third kappa shape index (κ3) is 3.56. The molecule has 4 aromatic heterocycles. The number of benzene rings is 8. The molecular formula is C46H24O2S2. The number of hydrogen-bond donors (Lipinski definition) is 0. The van der Waals surface area contributed by atoms with Crippen LogP contribution in [0.25, 0.3) is 118 Å². The van der Waals surface area contributed by atoms with E-state index in [2.05, 4.69) is 133 Å². The van der Waals surface area contributed by atoms with E-state index >= 15 is 0 Å². The van der Waals surface area contributed by atoms with Gasteiger partial charge in [0.25, 0.3) is 0 Å². The number of thiophene rings is 2. The highest BCUT2D eigenvalue weighted by Crippen LogP contribution is 2.46. The van der Waals surface area contributed by atoms with Crippen LogP contribution < -0.4 is 0 Å². The molecule has 8 aromatic carbocycles. The first kappa shape index (κ1) is 26.9. The van der Waals surface area contributed by atoms with Crippen LogP contribution in [0, 0.1) is 0 Å². The summed E-state index contributed by atoms with van der Waals surface area (Å²) in [5.74, 6) is 0. The minimum atomic E-state index is 0.914. The van der Waals surface area contributed by atoms with Crippen molar-refractivity contribution >= 4 is 141 Å². The highest BCUT2D eigenvalue weighted by atomic mass is 32.1. The van der Waals surface area contributed by atoms with E-state index in [1.54, 1.807) is 0 Å². The monoisotopic (exact) mass is 672 g/mol. The van der Waals surface area contributed by atoms with Gasteiger partial charge in [-0.2, -0.15) is 0 Å². The van der Waals surface area contributed by atoms with Crippen molar-refractivity contribution in [3.63, 3.8) is 0 Å². The summed E-state index contributed by atoms with van der Waals surface area (Å²) in [4.78, 5) is 0. The van der Waals surface area contributed by atoms with Gasteiger partial charge in [-0.25, -0.2) is 0 Å². The first-order chi connectivity index (χ1) is 24.8. The zero-order valence-electron chi connectivity index (χ0n) is 26.5. The van der Waals surface area contributed by atoms with E-state index in [4.69, 9.17) is 8.83 Å². The Morgan fingerprint density at radius 2 is 0.760 bits per heavy atom. The summed E-state index contributed by atoms with van der Waals surface area (Å²) < 4.78 is 18.4. The molecule has 0 aliphatic heterocycles. The third-order valence-electron chi connectivity index (χ3n) is 10.5. The van der Waals surface area contributed by atoms with Crippen LogP contribution >= 0.6 is 22.7 Å². The first-order valence-electron chi connectivity index (χ1n) is 16.8. The zero-order chi connectivity index (χ0) is 32.5. The topological polar surface area (TPSA) is 26.3 Å². The highest BCUT2D eigenvalue weighted by molar-refractivity contribution is 7.27. The van der Waals surface area contributed by atoms with Gasteiger partial charge in [0, 0.05) is 83.4 Å². The van der Waals surface area contributed by atoms with E-state index < -0.39 is 0 Å². The van der Waals surface area contributed by atoms with Crippen molar-refractivity contribution in [3.8, 4) is 0 Å². The molecule has 0 N–H and O–H groups in total. The molecule has 0 radical (unpaired) electrons. The van der Waals surface area contributed by atoms with Gasteiger partial charge in [-0.15, -0.1) is 22.7 Å². The van der Waals surface area contributed by atoms with Gasteiger partial charge in [-0.3, -0.25) is 0 Å². The molecule has 0 unspecified atom stereocenters. The van der Waals surface area contributed by atoms with Gasteiger partial charge in [0.1, 0.15) is 22.3 Å². The lowest BCUT2D eigenvalue weighted by Crippen LogP contribution is -1.84. The standard InChI is InChI=1S/C46H24O2S2/c1-5-13-37-27(9-1)35-23-25(41-33(43(35)47-37)21-19-31-29-11-3-7-15-39(29)49-45(31)41)17-18-26-24-36-28-10-2-6-14-38(28)48-44(36)34-22-20-32-30-12-4-8-16-40(30)50-46(32)42(26)34/h1-24H/b18-17+. The second-order valence-electron chi connectivity index (χ2n) is 13.1. The average Bonchev–Trinajstić information content (AvgIpc) is 3.93. The van der Waals surface area contributed by atoms with E-state index in [0.717, 1.165) is 54.6 Å². The Bertz CT molecular complexity index is 3200. The maximum Gasteiger partial charge on any atom is 0.143 e. The number of hydrogen-bond acceptors (Lipinski definition) is 4. The molecule has 0 fully saturated rings. The summed E-state index contributed by atoms with van der Waals surface area (Å²) in [6.45, 7) is 0. The van der Waals surface area contributed by atoms with E-state index in [1.165, 1.54) is 62.2 Å². The fraction of sp³-hybridized carbons (Fsp3) is 0. The molecule has 0 saturated carbocycles. The van der Waals surface area contributed by atoms with Crippen LogP contribution in [-0.2, 0) is 0 Å². The van der Waals surface area contributed by atoms with Crippen LogP contribution in [0.5, 0.6) is 0 Å². The lowest BCUT2D eigenvalue weighted by Gasteiger charge is -2.08. The maximum absolute atomic E-state index is 6.59. The van der Waals surface area contributed by atoms with Crippen molar-refractivity contribution in [3.05, 3.63) is 145 Å². The number of rotatable bonds is 2. The van der Waals surface area contributed by atoms with Crippen molar-refractivity contribution < 1.29 is 8.83 Å². The van der Waals surface area contributed by atoms with E-state index in [9.17, 15) is 0 Å². The highest BCUT2D eigenvalue weighted by Gasteiger charge is 2.19. The summed E-state index contributed by atoms with van der Waals surface area (Å²) >= 11 is 3.73. The Morgan fingerprint density at radius 3 is 1.24 bits per heavy atom. The Kier molecular flexibility index (Phi) is 5.29. The van der Waals surface area contributed by atoms with Crippen LogP contribution in [0.3, 0.4) is 0 Å². The Balaban J connectivity index is 1.22. The van der Waals surface area contributed by atoms with Crippen LogP contribution in [0.4, 0.5) is 0 Å². The number of furan rings is 2. The van der Waals surface area contributed by atoms with Crippen molar-refractivity contribution in [2.75, 3.05) is 0 Å². The fourth-order valence-electron chi connectivity index (χ4n) is 8.24. The van der Waals surface area contributed by atoms with Crippen LogP contribution in [-0.4, -0.2) is 0 Å². The molecule has 4 heteroatoms. The van der Waals surface area contributed by atoms with Gasteiger partial charge in [0.15, 0.2) is 0 Å². The maximum atomic E-state index is 6.59. The molecule has 0 bridgehead atoms. The summed E-state index contributed by atoms with van der Waals surface area (Å²) in [5, 5.41) is 14.5. The van der Waals surface area contributed by atoms with E-state index in [1.807, 2.05) is 34.8 Å². The van der Waals surface area contributed by atoms with Crippen molar-refractivity contribution in [1.82, 2.24) is 0 Å². The van der Waals surface area contributed by atoms with Gasteiger partial charge in [0.05, 0.1) is 0 Å². The van der Waals surface area contributed by atoms with Gasteiger partial charge in [-0.05, 0) is 59.7 Å². The molecule has 0 spiro atoms. The fourth-order valence-corrected chi connectivity index (χ4v) is 10.8. The quantitative estimate of drug-likeness (QED) is 0.171. The largest absolute Gasteiger partial charge is 0.455 e. The second kappa shape index (κ2) is 9.82. The van der Waals surface area contributed by atoms with Gasteiger partial charge in [-0.1, -0.05) is 97.1 Å². The summed E-state index contributed by atoms with van der Waals surface area (Å²) in [6.07, 6.45) is 4.67. The van der Waals surface area contributed by atoms with Crippen molar-refractivity contribution in [2.45, 2.75) is 0 Å². The molecule has 4 heterocycles. The molecule has 0 atom stereocenters. The smallest absolute Gasteiger partial charge is 0.143 e. The lowest BCUT2D eigenvalue weighted by molar-refractivity contribution is 0.672. The molecular weight excluding hydrogens is 649 g/mol. The van der Waals surface area contributed by atoms with Crippen LogP contribution in [0.1, 0.15) is 11.1 Å². The minimum absolute atomic E-state index is 0.914. The van der Waals surface area contributed by atoms with E-state index in [0.29, 0.717) is 0 Å². The molecule has 0 aliphatic carbocycles. The third-order valence-corrected chi connectivity index (χ3v) is 12.9. The Morgan fingerprint density at radius 1 is 0.360 bits per heavy atom. The van der Waals surface area contributed by atoms with Gasteiger partial charge < -0.3 is 8.83 Å². The molecule has 0 amide bonds. The average molecular weight is 673 g/mol. The first-order valence-corrected chi connectivity index (χ1v) is 18.5. The molecule has 12 aromatic rings. The second-order valence-corrected chi connectivity index (χ2v) is 15.2. The predicted molar refractivity (Wildman–Crippen MR) is 217 cm³/mol. The molecule has 50 heavy (non-hydrogen) atoms. The van der Waals surface area contributed by atoms with Crippen LogP contribution in [0.15, 0.2) is 142 Å². The SMILES string of the molecule is C(=C\c1cc2c3ccccc3oc2c2ccc3c4ccccc4sc3c12)/c1cc2c3ccccc3oc2c2ccc3c4ccccc4sc3c12. The summed E-state index contributed by atoms with van der Waals surface area (Å²) in [7, 11) is 0. The lowest BCUT2D eigenvalue weighted by atomic mass is 9.95.